The second-order valence-corrected chi connectivity index (χ2v) is 5.29. The van der Waals surface area contributed by atoms with E-state index in [4.69, 9.17) is 17.3 Å². The first-order valence-electron chi connectivity index (χ1n) is 5.31. The van der Waals surface area contributed by atoms with Gasteiger partial charge in [0.2, 0.25) is 0 Å². The van der Waals surface area contributed by atoms with E-state index in [9.17, 15) is 0 Å². The average molecular weight is 238 g/mol. The molecule has 2 N–H and O–H groups in total. The molecule has 0 fully saturated rings. The molecule has 2 aromatic heterocycles. The van der Waals surface area contributed by atoms with Crippen molar-refractivity contribution in [2.75, 3.05) is 0 Å². The van der Waals surface area contributed by atoms with Gasteiger partial charge in [-0.3, -0.25) is 4.40 Å². The Balaban J connectivity index is 2.83. The Bertz CT molecular complexity index is 523. The van der Waals surface area contributed by atoms with Crippen LogP contribution in [-0.4, -0.2) is 9.38 Å². The van der Waals surface area contributed by atoms with Crippen LogP contribution in [0.1, 0.15) is 32.2 Å². The molecule has 0 unspecified atom stereocenters. The molecular weight excluding hydrogens is 222 g/mol. The highest BCUT2D eigenvalue weighted by molar-refractivity contribution is 6.29. The number of nitrogens with zero attached hydrogens (tertiary/aromatic N) is 2. The summed E-state index contributed by atoms with van der Waals surface area (Å²) in [6.07, 6.45) is 0. The number of nitrogens with two attached hydrogens (primary N) is 1. The van der Waals surface area contributed by atoms with Gasteiger partial charge in [0.05, 0.1) is 11.4 Å². The molecule has 16 heavy (non-hydrogen) atoms. The maximum atomic E-state index is 6.17. The molecule has 0 bridgehead atoms. The summed E-state index contributed by atoms with van der Waals surface area (Å²) in [5.41, 5.74) is 8.65. The van der Waals surface area contributed by atoms with E-state index in [0.29, 0.717) is 11.7 Å². The highest BCUT2D eigenvalue weighted by Crippen LogP contribution is 2.27. The van der Waals surface area contributed by atoms with Crippen molar-refractivity contribution in [3.05, 3.63) is 34.7 Å². The Labute approximate surface area is 100 Å². The summed E-state index contributed by atoms with van der Waals surface area (Å²) in [5.74, 6) is 0. The number of aromatic nitrogens is 2. The monoisotopic (exact) mass is 237 g/mol. The lowest BCUT2D eigenvalue weighted by Gasteiger charge is -2.17. The van der Waals surface area contributed by atoms with Crippen LogP contribution in [0.15, 0.2) is 18.2 Å². The fourth-order valence-corrected chi connectivity index (χ4v) is 2.16. The Kier molecular flexibility index (Phi) is 2.68. The second-order valence-electron chi connectivity index (χ2n) is 4.90. The van der Waals surface area contributed by atoms with Crippen molar-refractivity contribution in [1.29, 1.82) is 0 Å². The second kappa shape index (κ2) is 3.75. The molecule has 0 amide bonds. The SMILES string of the molecule is CC(C)(C)c1nc2cccc(Cl)n2c1CN. The van der Waals surface area contributed by atoms with Gasteiger partial charge in [0.25, 0.3) is 0 Å². The number of imidazole rings is 1. The van der Waals surface area contributed by atoms with E-state index in [2.05, 4.69) is 25.8 Å². The number of hydrogen-bond acceptors (Lipinski definition) is 2. The molecule has 0 aliphatic heterocycles. The number of rotatable bonds is 1. The summed E-state index contributed by atoms with van der Waals surface area (Å²) < 4.78 is 1.92. The molecule has 0 aliphatic carbocycles. The van der Waals surface area contributed by atoms with Crippen LogP contribution >= 0.6 is 11.6 Å². The third-order valence-electron chi connectivity index (χ3n) is 2.60. The van der Waals surface area contributed by atoms with E-state index in [0.717, 1.165) is 17.0 Å². The summed E-state index contributed by atoms with van der Waals surface area (Å²) in [6, 6.07) is 5.69. The van der Waals surface area contributed by atoms with Gasteiger partial charge in [-0.15, -0.1) is 0 Å². The van der Waals surface area contributed by atoms with Gasteiger partial charge in [-0.2, -0.15) is 0 Å². The number of pyridine rings is 1. The minimum atomic E-state index is -0.0238. The summed E-state index contributed by atoms with van der Waals surface area (Å²) in [4.78, 5) is 4.61. The highest BCUT2D eigenvalue weighted by atomic mass is 35.5. The zero-order valence-electron chi connectivity index (χ0n) is 9.79. The van der Waals surface area contributed by atoms with Gasteiger partial charge in [-0.1, -0.05) is 38.4 Å². The highest BCUT2D eigenvalue weighted by Gasteiger charge is 2.23. The van der Waals surface area contributed by atoms with Crippen molar-refractivity contribution in [2.24, 2.45) is 5.73 Å². The molecule has 0 saturated heterocycles. The van der Waals surface area contributed by atoms with E-state index < -0.39 is 0 Å². The third-order valence-corrected chi connectivity index (χ3v) is 2.89. The van der Waals surface area contributed by atoms with Gasteiger partial charge in [0.1, 0.15) is 10.8 Å². The van der Waals surface area contributed by atoms with Crippen molar-refractivity contribution in [2.45, 2.75) is 32.7 Å². The minimum absolute atomic E-state index is 0.0238. The van der Waals surface area contributed by atoms with Crippen LogP contribution in [0.25, 0.3) is 5.65 Å². The molecule has 0 radical (unpaired) electrons. The van der Waals surface area contributed by atoms with E-state index in [1.54, 1.807) is 0 Å². The first-order valence-corrected chi connectivity index (χ1v) is 5.69. The quantitative estimate of drug-likeness (QED) is 0.775. The lowest BCUT2D eigenvalue weighted by atomic mass is 9.91. The molecule has 0 aliphatic rings. The fraction of sp³-hybridized carbons (Fsp3) is 0.417. The van der Waals surface area contributed by atoms with Crippen LogP contribution < -0.4 is 5.73 Å². The van der Waals surface area contributed by atoms with Gasteiger partial charge in [-0.05, 0) is 12.1 Å². The predicted octanol–water partition coefficient (Wildman–Crippen LogP) is 2.74. The van der Waals surface area contributed by atoms with Gasteiger partial charge in [0.15, 0.2) is 0 Å². The zero-order valence-corrected chi connectivity index (χ0v) is 10.5. The number of fused-ring (bicyclic) bond motifs is 1. The van der Waals surface area contributed by atoms with E-state index in [1.165, 1.54) is 0 Å². The van der Waals surface area contributed by atoms with E-state index >= 15 is 0 Å². The van der Waals surface area contributed by atoms with Crippen LogP contribution in [0, 0.1) is 0 Å². The Hall–Kier alpha value is -1.06. The summed E-state index contributed by atoms with van der Waals surface area (Å²) in [6.45, 7) is 6.82. The molecule has 86 valence electrons. The first kappa shape index (κ1) is 11.4. The van der Waals surface area contributed by atoms with Gasteiger partial charge < -0.3 is 5.73 Å². The van der Waals surface area contributed by atoms with Crippen LogP contribution in [-0.2, 0) is 12.0 Å². The molecule has 2 rings (SSSR count). The standard InChI is InChI=1S/C12H16ClN3/c1-12(2,3)11-8(7-14)16-9(13)5-4-6-10(16)15-11/h4-6H,7,14H2,1-3H3. The molecule has 3 nitrogen and oxygen atoms in total. The predicted molar refractivity (Wildman–Crippen MR) is 66.8 cm³/mol. The van der Waals surface area contributed by atoms with E-state index in [-0.39, 0.29) is 5.41 Å². The van der Waals surface area contributed by atoms with Gasteiger partial charge in [-0.25, -0.2) is 4.98 Å². The zero-order chi connectivity index (χ0) is 11.9. The maximum absolute atomic E-state index is 6.17. The summed E-state index contributed by atoms with van der Waals surface area (Å²) in [7, 11) is 0. The largest absolute Gasteiger partial charge is 0.325 e. The number of hydrogen-bond donors (Lipinski definition) is 1. The lowest BCUT2D eigenvalue weighted by molar-refractivity contribution is 0.564. The van der Waals surface area contributed by atoms with Gasteiger partial charge >= 0.3 is 0 Å². The third kappa shape index (κ3) is 1.70. The Morgan fingerprint density at radius 3 is 2.62 bits per heavy atom. The van der Waals surface area contributed by atoms with Crippen LogP contribution in [0.5, 0.6) is 0 Å². The minimum Gasteiger partial charge on any atom is -0.325 e. The van der Waals surface area contributed by atoms with Crippen LogP contribution in [0.3, 0.4) is 0 Å². The van der Waals surface area contributed by atoms with E-state index in [1.807, 2.05) is 22.6 Å². The maximum Gasteiger partial charge on any atom is 0.138 e. The molecule has 2 heterocycles. The normalized spacial score (nSPS) is 12.3. The molecule has 2 aromatic rings. The fourth-order valence-electron chi connectivity index (χ4n) is 1.90. The topological polar surface area (TPSA) is 43.3 Å². The summed E-state index contributed by atoms with van der Waals surface area (Å²) >= 11 is 6.17. The van der Waals surface area contributed by atoms with Crippen LogP contribution in [0.2, 0.25) is 5.15 Å². The van der Waals surface area contributed by atoms with Crippen molar-refractivity contribution in [1.82, 2.24) is 9.38 Å². The van der Waals surface area contributed by atoms with Crippen LogP contribution in [0.4, 0.5) is 0 Å². The first-order chi connectivity index (χ1) is 7.45. The lowest BCUT2D eigenvalue weighted by Crippen LogP contribution is -2.16. The molecule has 0 spiro atoms. The number of halogens is 1. The molecular formula is C12H16ClN3. The Morgan fingerprint density at radius 2 is 2.06 bits per heavy atom. The smallest absolute Gasteiger partial charge is 0.138 e. The molecule has 0 atom stereocenters. The average Bonchev–Trinajstić information content (AvgIpc) is 2.57. The molecule has 0 aromatic carbocycles. The van der Waals surface area contributed by atoms with Crippen molar-refractivity contribution >= 4 is 17.2 Å². The molecule has 0 saturated carbocycles. The molecule has 4 heteroatoms. The van der Waals surface area contributed by atoms with Crippen molar-refractivity contribution < 1.29 is 0 Å². The van der Waals surface area contributed by atoms with Gasteiger partial charge in [0, 0.05) is 12.0 Å². The Morgan fingerprint density at radius 1 is 1.38 bits per heavy atom. The van der Waals surface area contributed by atoms with Crippen molar-refractivity contribution in [3.63, 3.8) is 0 Å². The van der Waals surface area contributed by atoms with Crippen molar-refractivity contribution in [3.8, 4) is 0 Å². The summed E-state index contributed by atoms with van der Waals surface area (Å²) in [5, 5.41) is 0.654.